The van der Waals surface area contributed by atoms with Gasteiger partial charge in [0.2, 0.25) is 10.0 Å². The van der Waals surface area contributed by atoms with Crippen LogP contribution in [0.25, 0.3) is 0 Å². The molecule has 20 heavy (non-hydrogen) atoms. The van der Waals surface area contributed by atoms with Crippen molar-refractivity contribution in [1.82, 2.24) is 4.31 Å². The lowest BCUT2D eigenvalue weighted by molar-refractivity contribution is -0.142. The molecule has 1 aromatic rings. The van der Waals surface area contributed by atoms with Gasteiger partial charge in [-0.3, -0.25) is 4.79 Å². The predicted octanol–water partition coefficient (Wildman–Crippen LogP) is 1.32. The summed E-state index contributed by atoms with van der Waals surface area (Å²) in [5.74, 6) is -0.675. The minimum Gasteiger partial charge on any atom is -0.497 e. The van der Waals surface area contributed by atoms with E-state index in [0.29, 0.717) is 18.6 Å². The first-order valence-electron chi connectivity index (χ1n) is 6.35. The van der Waals surface area contributed by atoms with Crippen molar-refractivity contribution in [2.75, 3.05) is 13.7 Å². The summed E-state index contributed by atoms with van der Waals surface area (Å²) in [7, 11) is -2.37. The van der Waals surface area contributed by atoms with E-state index in [2.05, 4.69) is 0 Å². The van der Waals surface area contributed by atoms with Gasteiger partial charge in [-0.05, 0) is 31.4 Å². The summed E-state index contributed by atoms with van der Waals surface area (Å²) in [6.07, 6.45) is 1.74. The van der Waals surface area contributed by atoms with Gasteiger partial charge in [0, 0.05) is 12.6 Å². The van der Waals surface area contributed by atoms with E-state index in [-0.39, 0.29) is 11.4 Å². The van der Waals surface area contributed by atoms with Gasteiger partial charge in [0.15, 0.2) is 0 Å². The summed E-state index contributed by atoms with van der Waals surface area (Å²) in [5.41, 5.74) is 0. The Bertz CT molecular complexity index is 599. The molecule has 1 atom stereocenters. The van der Waals surface area contributed by atoms with Gasteiger partial charge in [-0.2, -0.15) is 4.31 Å². The number of carboxylic acid groups (broad SMARTS) is 1. The van der Waals surface area contributed by atoms with E-state index in [4.69, 9.17) is 4.74 Å². The van der Waals surface area contributed by atoms with Crippen molar-refractivity contribution in [2.24, 2.45) is 0 Å². The van der Waals surface area contributed by atoms with E-state index in [9.17, 15) is 18.3 Å². The number of sulfonamides is 1. The van der Waals surface area contributed by atoms with Crippen molar-refractivity contribution in [2.45, 2.75) is 30.2 Å². The van der Waals surface area contributed by atoms with Gasteiger partial charge in [0.1, 0.15) is 11.8 Å². The molecule has 1 heterocycles. The summed E-state index contributed by atoms with van der Waals surface area (Å²) >= 11 is 0. The summed E-state index contributed by atoms with van der Waals surface area (Å²) < 4.78 is 31.2. The molecular weight excluding hydrogens is 282 g/mol. The van der Waals surface area contributed by atoms with Gasteiger partial charge in [0.25, 0.3) is 0 Å². The Morgan fingerprint density at radius 1 is 1.40 bits per heavy atom. The van der Waals surface area contributed by atoms with Crippen LogP contribution in [0.2, 0.25) is 0 Å². The third-order valence-electron chi connectivity index (χ3n) is 3.39. The van der Waals surface area contributed by atoms with E-state index in [1.54, 1.807) is 12.1 Å². The number of rotatable bonds is 4. The van der Waals surface area contributed by atoms with E-state index in [0.717, 1.165) is 10.7 Å². The van der Waals surface area contributed by atoms with Crippen LogP contribution in [0.1, 0.15) is 19.3 Å². The molecule has 0 unspecified atom stereocenters. The van der Waals surface area contributed by atoms with Crippen LogP contribution in [0, 0.1) is 0 Å². The van der Waals surface area contributed by atoms with Gasteiger partial charge in [-0.1, -0.05) is 6.07 Å². The maximum Gasteiger partial charge on any atom is 0.322 e. The van der Waals surface area contributed by atoms with Crippen LogP contribution in [-0.4, -0.2) is 43.5 Å². The fourth-order valence-electron chi connectivity index (χ4n) is 2.34. The van der Waals surface area contributed by atoms with Crippen LogP contribution in [0.4, 0.5) is 0 Å². The lowest BCUT2D eigenvalue weighted by atomic mass is 10.1. The van der Waals surface area contributed by atoms with Crippen LogP contribution in [0.15, 0.2) is 29.2 Å². The molecule has 2 rings (SSSR count). The Morgan fingerprint density at radius 3 is 2.80 bits per heavy atom. The zero-order valence-corrected chi connectivity index (χ0v) is 12.0. The average Bonchev–Trinajstić information content (AvgIpc) is 2.47. The molecule has 0 aromatic heterocycles. The summed E-state index contributed by atoms with van der Waals surface area (Å²) in [4.78, 5) is 11.3. The largest absolute Gasteiger partial charge is 0.497 e. The number of carbonyl (C=O) groups is 1. The Hall–Kier alpha value is -1.60. The van der Waals surface area contributed by atoms with Gasteiger partial charge in [0.05, 0.1) is 12.0 Å². The standard InChI is InChI=1S/C13H17NO5S/c1-19-10-5-4-6-11(9-10)20(17,18)14-8-3-2-7-12(14)13(15)16/h4-6,9,12H,2-3,7-8H2,1H3,(H,15,16)/t12-/m0/s1. The number of aliphatic carboxylic acids is 1. The molecule has 0 amide bonds. The summed E-state index contributed by atoms with van der Waals surface area (Å²) in [5, 5.41) is 9.19. The summed E-state index contributed by atoms with van der Waals surface area (Å²) in [6, 6.07) is 5.09. The van der Waals surface area contributed by atoms with Crippen LogP contribution >= 0.6 is 0 Å². The second-order valence-electron chi connectivity index (χ2n) is 4.64. The smallest absolute Gasteiger partial charge is 0.322 e. The quantitative estimate of drug-likeness (QED) is 0.906. The van der Waals surface area contributed by atoms with Crippen molar-refractivity contribution < 1.29 is 23.1 Å². The van der Waals surface area contributed by atoms with Crippen LogP contribution in [0.5, 0.6) is 5.75 Å². The van der Waals surface area contributed by atoms with Gasteiger partial charge in [-0.15, -0.1) is 0 Å². The number of carboxylic acids is 1. The Kier molecular flexibility index (Phi) is 4.29. The highest BCUT2D eigenvalue weighted by molar-refractivity contribution is 7.89. The third-order valence-corrected chi connectivity index (χ3v) is 5.29. The van der Waals surface area contributed by atoms with Crippen molar-refractivity contribution in [3.8, 4) is 5.75 Å². The zero-order chi connectivity index (χ0) is 14.8. The SMILES string of the molecule is COc1cccc(S(=O)(=O)N2CCCC[C@H]2C(=O)O)c1. The van der Waals surface area contributed by atoms with E-state index < -0.39 is 22.0 Å². The number of ether oxygens (including phenoxy) is 1. The maximum atomic E-state index is 12.6. The minimum absolute atomic E-state index is 0.0602. The lowest BCUT2D eigenvalue weighted by Gasteiger charge is -2.31. The number of hydrogen-bond acceptors (Lipinski definition) is 4. The molecule has 7 heteroatoms. The molecule has 6 nitrogen and oxygen atoms in total. The zero-order valence-electron chi connectivity index (χ0n) is 11.2. The van der Waals surface area contributed by atoms with Gasteiger partial charge < -0.3 is 9.84 Å². The third kappa shape index (κ3) is 2.78. The van der Waals surface area contributed by atoms with E-state index >= 15 is 0 Å². The van der Waals surface area contributed by atoms with Crippen molar-refractivity contribution >= 4 is 16.0 Å². The first-order chi connectivity index (χ1) is 9.46. The second kappa shape index (κ2) is 5.80. The number of methoxy groups -OCH3 is 1. The number of piperidine rings is 1. The normalized spacial score (nSPS) is 20.6. The fourth-order valence-corrected chi connectivity index (χ4v) is 4.02. The Labute approximate surface area is 118 Å². The number of nitrogens with zero attached hydrogens (tertiary/aromatic N) is 1. The molecule has 1 aliphatic heterocycles. The van der Waals surface area contributed by atoms with Crippen LogP contribution in [-0.2, 0) is 14.8 Å². The molecule has 0 spiro atoms. The first kappa shape index (κ1) is 14.8. The van der Waals surface area contributed by atoms with Gasteiger partial charge >= 0.3 is 5.97 Å². The molecule has 0 bridgehead atoms. The molecule has 1 saturated heterocycles. The first-order valence-corrected chi connectivity index (χ1v) is 7.79. The summed E-state index contributed by atoms with van der Waals surface area (Å²) in [6.45, 7) is 0.233. The molecule has 1 fully saturated rings. The fraction of sp³-hybridized carbons (Fsp3) is 0.462. The highest BCUT2D eigenvalue weighted by Gasteiger charge is 2.37. The van der Waals surface area contributed by atoms with Crippen molar-refractivity contribution in [3.05, 3.63) is 24.3 Å². The molecule has 1 aliphatic rings. The molecule has 0 radical (unpaired) electrons. The van der Waals surface area contributed by atoms with Gasteiger partial charge in [-0.25, -0.2) is 8.42 Å². The topological polar surface area (TPSA) is 83.9 Å². The maximum absolute atomic E-state index is 12.6. The van der Waals surface area contributed by atoms with Crippen LogP contribution < -0.4 is 4.74 Å². The molecule has 1 aromatic carbocycles. The molecule has 0 aliphatic carbocycles. The van der Waals surface area contributed by atoms with Crippen molar-refractivity contribution in [1.29, 1.82) is 0 Å². The predicted molar refractivity (Wildman–Crippen MR) is 72.2 cm³/mol. The Balaban J connectivity index is 2.39. The van der Waals surface area contributed by atoms with E-state index in [1.807, 2.05) is 0 Å². The van der Waals surface area contributed by atoms with Crippen molar-refractivity contribution in [3.63, 3.8) is 0 Å². The monoisotopic (exact) mass is 299 g/mol. The highest BCUT2D eigenvalue weighted by atomic mass is 32.2. The average molecular weight is 299 g/mol. The highest BCUT2D eigenvalue weighted by Crippen LogP contribution is 2.27. The molecule has 110 valence electrons. The van der Waals surface area contributed by atoms with Crippen LogP contribution in [0.3, 0.4) is 0 Å². The second-order valence-corrected chi connectivity index (χ2v) is 6.54. The number of benzene rings is 1. The molecule has 0 saturated carbocycles. The molecule has 1 N–H and O–H groups in total. The molecular formula is C13H17NO5S. The van der Waals surface area contributed by atoms with E-state index in [1.165, 1.54) is 19.2 Å². The lowest BCUT2D eigenvalue weighted by Crippen LogP contribution is -2.47. The number of hydrogen-bond donors (Lipinski definition) is 1. The Morgan fingerprint density at radius 2 is 2.15 bits per heavy atom. The minimum atomic E-state index is -3.82.